The second kappa shape index (κ2) is 6.44. The number of aromatic nitrogens is 3. The lowest BCUT2D eigenvalue weighted by atomic mass is 9.95. The van der Waals surface area contributed by atoms with Gasteiger partial charge in [0.2, 0.25) is 0 Å². The average molecular weight is 363 g/mol. The quantitative estimate of drug-likeness (QED) is 0.722. The van der Waals surface area contributed by atoms with Gasteiger partial charge in [0.1, 0.15) is 5.82 Å². The van der Waals surface area contributed by atoms with E-state index >= 15 is 0 Å². The molecule has 4 heterocycles. The third-order valence-corrected chi connectivity index (χ3v) is 5.44. The Hall–Kier alpha value is -2.77. The molecule has 2 N–H and O–H groups in total. The summed E-state index contributed by atoms with van der Waals surface area (Å²) in [7, 11) is 0. The van der Waals surface area contributed by atoms with Crippen LogP contribution >= 0.6 is 0 Å². The zero-order valence-electron chi connectivity index (χ0n) is 14.8. The lowest BCUT2D eigenvalue weighted by Gasteiger charge is -2.40. The van der Waals surface area contributed by atoms with Crippen molar-refractivity contribution in [3.8, 4) is 0 Å². The van der Waals surface area contributed by atoms with Crippen molar-refractivity contribution in [2.75, 3.05) is 36.0 Å². The number of anilines is 2. The number of para-hydroxylation sites is 1. The maximum absolute atomic E-state index is 9.85. The van der Waals surface area contributed by atoms with Gasteiger partial charge < -0.3 is 20.0 Å². The first-order valence-corrected chi connectivity index (χ1v) is 9.22. The molecule has 5 rings (SSSR count). The van der Waals surface area contributed by atoms with Crippen LogP contribution in [0.25, 0.3) is 10.9 Å². The van der Waals surface area contributed by atoms with E-state index in [2.05, 4.69) is 33.1 Å². The van der Waals surface area contributed by atoms with E-state index in [1.165, 1.54) is 0 Å². The van der Waals surface area contributed by atoms with Crippen LogP contribution in [0, 0.1) is 0 Å². The van der Waals surface area contributed by atoms with E-state index in [0.29, 0.717) is 13.1 Å². The number of β-amino-alcohol motifs (C(OH)–C–C–N with tert-alkyl or cyclic N) is 2. The van der Waals surface area contributed by atoms with Gasteiger partial charge in [-0.3, -0.25) is 4.98 Å². The molecule has 7 heteroatoms. The van der Waals surface area contributed by atoms with Gasteiger partial charge in [0, 0.05) is 49.9 Å². The maximum atomic E-state index is 9.85. The highest BCUT2D eigenvalue weighted by molar-refractivity contribution is 5.80. The number of rotatable bonds is 3. The van der Waals surface area contributed by atoms with Crippen LogP contribution in [-0.4, -0.2) is 63.6 Å². The van der Waals surface area contributed by atoms with E-state index in [4.69, 9.17) is 4.98 Å². The van der Waals surface area contributed by atoms with Gasteiger partial charge in [-0.15, -0.1) is 0 Å². The lowest BCUT2D eigenvalue weighted by molar-refractivity contribution is 0.0572. The second-order valence-electron chi connectivity index (χ2n) is 7.27. The minimum atomic E-state index is -0.737. The number of benzene rings is 1. The zero-order valence-corrected chi connectivity index (χ0v) is 14.8. The van der Waals surface area contributed by atoms with Gasteiger partial charge in [0.25, 0.3) is 0 Å². The van der Waals surface area contributed by atoms with E-state index < -0.39 is 12.2 Å². The van der Waals surface area contributed by atoms with Crippen LogP contribution in [-0.2, 0) is 0 Å². The number of nitrogens with zero attached hydrogens (tertiary/aromatic N) is 5. The van der Waals surface area contributed by atoms with Crippen LogP contribution in [0.5, 0.6) is 0 Å². The Bertz CT molecular complexity index is 965. The summed E-state index contributed by atoms with van der Waals surface area (Å²) in [6, 6.07) is 12.3. The Labute approximate surface area is 156 Å². The third-order valence-electron chi connectivity index (χ3n) is 5.44. The Morgan fingerprint density at radius 2 is 1.56 bits per heavy atom. The fraction of sp³-hybridized carbons (Fsp3) is 0.350. The summed E-state index contributed by atoms with van der Waals surface area (Å²) >= 11 is 0. The van der Waals surface area contributed by atoms with Gasteiger partial charge in [-0.05, 0) is 18.2 Å². The number of aliphatic hydroxyl groups excluding tert-OH is 2. The summed E-state index contributed by atoms with van der Waals surface area (Å²) in [5, 5.41) is 20.8. The molecule has 2 aliphatic rings. The highest BCUT2D eigenvalue weighted by Gasteiger charge is 2.36. The van der Waals surface area contributed by atoms with Crippen molar-refractivity contribution in [2.45, 2.75) is 18.1 Å². The summed E-state index contributed by atoms with van der Waals surface area (Å²) in [6.45, 7) is 2.43. The first kappa shape index (κ1) is 16.4. The molecule has 138 valence electrons. The molecule has 0 bridgehead atoms. The number of pyridine rings is 1. The van der Waals surface area contributed by atoms with Gasteiger partial charge in [-0.25, -0.2) is 9.97 Å². The molecule has 0 aliphatic carbocycles. The normalized spacial score (nSPS) is 23.0. The number of fused-ring (bicyclic) bond motifs is 1. The van der Waals surface area contributed by atoms with Crippen molar-refractivity contribution in [1.29, 1.82) is 0 Å². The Morgan fingerprint density at radius 1 is 0.815 bits per heavy atom. The highest BCUT2D eigenvalue weighted by Crippen LogP contribution is 2.35. The molecule has 0 spiro atoms. The molecule has 0 amide bonds. The van der Waals surface area contributed by atoms with Gasteiger partial charge in [0.15, 0.2) is 5.82 Å². The summed E-state index contributed by atoms with van der Waals surface area (Å²) in [5.74, 6) is 2.00. The predicted octanol–water partition coefficient (Wildman–Crippen LogP) is 1.17. The molecular formula is C20H21N5O2. The Kier molecular flexibility index (Phi) is 3.91. The standard InChI is InChI=1S/C20H21N5O2/c26-16-11-25(12-17(16)27)20-19(21-7-8-22-20)14-9-24(10-14)18-6-5-13-3-1-2-4-15(13)23-18/h1-8,14,16-17,26-27H,9-12H2. The van der Waals surface area contributed by atoms with Gasteiger partial charge in [-0.2, -0.15) is 0 Å². The van der Waals surface area contributed by atoms with Crippen molar-refractivity contribution >= 4 is 22.5 Å². The number of hydrogen-bond donors (Lipinski definition) is 2. The fourth-order valence-corrected chi connectivity index (χ4v) is 3.89. The molecule has 2 unspecified atom stereocenters. The van der Waals surface area contributed by atoms with E-state index in [-0.39, 0.29) is 5.92 Å². The van der Waals surface area contributed by atoms with E-state index in [0.717, 1.165) is 41.3 Å². The molecule has 3 aromatic rings. The molecule has 27 heavy (non-hydrogen) atoms. The minimum absolute atomic E-state index is 0.261. The van der Waals surface area contributed by atoms with E-state index in [1.807, 2.05) is 23.1 Å². The Balaban J connectivity index is 1.35. The molecule has 2 saturated heterocycles. The predicted molar refractivity (Wildman–Crippen MR) is 103 cm³/mol. The smallest absolute Gasteiger partial charge is 0.150 e. The average Bonchev–Trinajstić information content (AvgIpc) is 2.99. The van der Waals surface area contributed by atoms with Crippen molar-refractivity contribution < 1.29 is 10.2 Å². The first-order chi connectivity index (χ1) is 13.2. The molecule has 2 atom stereocenters. The zero-order chi connectivity index (χ0) is 18.4. The Morgan fingerprint density at radius 3 is 2.37 bits per heavy atom. The van der Waals surface area contributed by atoms with Crippen molar-refractivity contribution in [2.24, 2.45) is 0 Å². The molecule has 2 aromatic heterocycles. The summed E-state index contributed by atoms with van der Waals surface area (Å²) in [6.07, 6.45) is 1.90. The second-order valence-corrected chi connectivity index (χ2v) is 7.27. The number of hydrogen-bond acceptors (Lipinski definition) is 7. The topological polar surface area (TPSA) is 85.6 Å². The van der Waals surface area contributed by atoms with Crippen LogP contribution in [0.15, 0.2) is 48.8 Å². The van der Waals surface area contributed by atoms with Crippen LogP contribution < -0.4 is 9.80 Å². The highest BCUT2D eigenvalue weighted by atomic mass is 16.3. The SMILES string of the molecule is OC1CN(c2nccnc2C2CN(c3ccc4ccccc4n3)C2)CC1O. The van der Waals surface area contributed by atoms with Crippen molar-refractivity contribution in [1.82, 2.24) is 15.0 Å². The minimum Gasteiger partial charge on any atom is -0.389 e. The summed E-state index contributed by atoms with van der Waals surface area (Å²) in [5.41, 5.74) is 1.93. The van der Waals surface area contributed by atoms with Gasteiger partial charge >= 0.3 is 0 Å². The molecule has 2 fully saturated rings. The van der Waals surface area contributed by atoms with Crippen LogP contribution in [0.1, 0.15) is 11.6 Å². The van der Waals surface area contributed by atoms with Crippen LogP contribution in [0.4, 0.5) is 11.6 Å². The molecule has 0 saturated carbocycles. The largest absolute Gasteiger partial charge is 0.389 e. The van der Waals surface area contributed by atoms with Gasteiger partial charge in [0.05, 0.1) is 23.4 Å². The monoisotopic (exact) mass is 363 g/mol. The van der Waals surface area contributed by atoms with Gasteiger partial charge in [-0.1, -0.05) is 18.2 Å². The third kappa shape index (κ3) is 2.89. The first-order valence-electron chi connectivity index (χ1n) is 9.22. The molecule has 2 aliphatic heterocycles. The van der Waals surface area contributed by atoms with Crippen LogP contribution in [0.3, 0.4) is 0 Å². The molecule has 0 radical (unpaired) electrons. The fourth-order valence-electron chi connectivity index (χ4n) is 3.89. The summed E-state index contributed by atoms with van der Waals surface area (Å²) < 4.78 is 0. The molecular weight excluding hydrogens is 342 g/mol. The summed E-state index contributed by atoms with van der Waals surface area (Å²) in [4.78, 5) is 18.0. The number of aliphatic hydroxyl groups is 2. The molecule has 1 aromatic carbocycles. The van der Waals surface area contributed by atoms with E-state index in [9.17, 15) is 10.2 Å². The lowest BCUT2D eigenvalue weighted by Crippen LogP contribution is -2.46. The van der Waals surface area contributed by atoms with Crippen molar-refractivity contribution in [3.63, 3.8) is 0 Å². The van der Waals surface area contributed by atoms with E-state index in [1.54, 1.807) is 12.4 Å². The van der Waals surface area contributed by atoms with Crippen LogP contribution in [0.2, 0.25) is 0 Å². The van der Waals surface area contributed by atoms with Crippen molar-refractivity contribution in [3.05, 3.63) is 54.5 Å². The maximum Gasteiger partial charge on any atom is 0.150 e. The molecule has 7 nitrogen and oxygen atoms in total.